The Labute approximate surface area is 111 Å². The molecule has 1 aliphatic rings. The number of hydrogen-bond donors (Lipinski definition) is 1. The van der Waals surface area contributed by atoms with Crippen LogP contribution in [0.5, 0.6) is 0 Å². The second kappa shape index (κ2) is 4.26. The van der Waals surface area contributed by atoms with Crippen molar-refractivity contribution in [2.45, 2.75) is 6.18 Å². The summed E-state index contributed by atoms with van der Waals surface area (Å²) in [5.74, 6) is 0.0126. The molecule has 0 fully saturated rings. The third-order valence-electron chi connectivity index (χ3n) is 2.96. The molecule has 0 unspecified atom stereocenters. The Bertz CT molecular complexity index is 700. The lowest BCUT2D eigenvalue weighted by Crippen LogP contribution is -2.06. The summed E-state index contributed by atoms with van der Waals surface area (Å²) in [4.78, 5) is 11.8. The zero-order valence-corrected chi connectivity index (χ0v) is 9.99. The first kappa shape index (κ1) is 12.5. The van der Waals surface area contributed by atoms with E-state index in [1.807, 2.05) is 0 Å². The van der Waals surface area contributed by atoms with E-state index >= 15 is 0 Å². The molecule has 1 aliphatic heterocycles. The van der Waals surface area contributed by atoms with E-state index in [1.165, 1.54) is 18.4 Å². The van der Waals surface area contributed by atoms with Gasteiger partial charge in [-0.2, -0.15) is 13.2 Å². The van der Waals surface area contributed by atoms with Crippen molar-refractivity contribution in [1.29, 1.82) is 0 Å². The summed E-state index contributed by atoms with van der Waals surface area (Å²) < 4.78 is 42.9. The van der Waals surface area contributed by atoms with E-state index in [1.54, 1.807) is 12.1 Å². The van der Waals surface area contributed by atoms with Gasteiger partial charge in [0.15, 0.2) is 0 Å². The van der Waals surface area contributed by atoms with Crippen LogP contribution in [0.2, 0.25) is 0 Å². The van der Waals surface area contributed by atoms with Crippen LogP contribution in [0.25, 0.3) is 11.6 Å². The van der Waals surface area contributed by atoms with Gasteiger partial charge in [0.05, 0.1) is 17.4 Å². The number of amides is 1. The van der Waals surface area contributed by atoms with Crippen LogP contribution in [0.4, 0.5) is 18.9 Å². The Morgan fingerprint density at radius 2 is 2.00 bits per heavy atom. The predicted octanol–water partition coefficient (Wildman–Crippen LogP) is 3.79. The molecule has 3 nitrogen and oxygen atoms in total. The second-order valence-corrected chi connectivity index (χ2v) is 4.29. The third kappa shape index (κ3) is 2.09. The van der Waals surface area contributed by atoms with Gasteiger partial charge in [-0.1, -0.05) is 6.07 Å². The lowest BCUT2D eigenvalue weighted by atomic mass is 10.0. The monoisotopic (exact) mass is 279 g/mol. The molecular formula is C14H8F3NO2. The summed E-state index contributed by atoms with van der Waals surface area (Å²) in [5, 5.41) is 2.42. The summed E-state index contributed by atoms with van der Waals surface area (Å²) in [6.07, 6.45) is -1.49. The zero-order chi connectivity index (χ0) is 14.3. The third-order valence-corrected chi connectivity index (χ3v) is 2.96. The summed E-state index contributed by atoms with van der Waals surface area (Å²) in [6.45, 7) is 0. The maximum Gasteiger partial charge on any atom is 0.416 e. The molecule has 0 bridgehead atoms. The minimum atomic E-state index is -4.44. The number of halogens is 3. The maximum absolute atomic E-state index is 12.6. The largest absolute Gasteiger partial charge is 0.465 e. The first-order chi connectivity index (χ1) is 9.45. The Morgan fingerprint density at radius 1 is 1.20 bits per heavy atom. The average Bonchev–Trinajstić information content (AvgIpc) is 2.97. The highest BCUT2D eigenvalue weighted by Gasteiger charge is 2.33. The Morgan fingerprint density at radius 3 is 2.65 bits per heavy atom. The first-order valence-corrected chi connectivity index (χ1v) is 5.73. The van der Waals surface area contributed by atoms with E-state index in [0.29, 0.717) is 11.3 Å². The summed E-state index contributed by atoms with van der Waals surface area (Å²) >= 11 is 0. The highest BCUT2D eigenvalue weighted by molar-refractivity contribution is 6.34. The second-order valence-electron chi connectivity index (χ2n) is 4.29. The molecular weight excluding hydrogens is 271 g/mol. The van der Waals surface area contributed by atoms with Gasteiger partial charge in [-0.15, -0.1) is 0 Å². The van der Waals surface area contributed by atoms with Crippen LogP contribution in [-0.2, 0) is 11.0 Å². The molecule has 1 amide bonds. The van der Waals surface area contributed by atoms with Gasteiger partial charge >= 0.3 is 6.18 Å². The standard InChI is InChI=1S/C14H8F3NO2/c15-14(16,17)8-3-4-10-11(7-9-2-1-5-20-9)13(19)18-12(10)6-8/h1-7H,(H,18,19)/b11-7-. The SMILES string of the molecule is O=C1Nc2cc(C(F)(F)F)ccc2/C1=C/c1ccco1. The molecule has 20 heavy (non-hydrogen) atoms. The number of carbonyl (C=O) groups excluding carboxylic acids is 1. The van der Waals surface area contributed by atoms with Crippen molar-refractivity contribution in [3.05, 3.63) is 53.5 Å². The van der Waals surface area contributed by atoms with Crippen molar-refractivity contribution in [3.8, 4) is 0 Å². The Kier molecular flexibility index (Phi) is 2.67. The molecule has 2 heterocycles. The number of hydrogen-bond acceptors (Lipinski definition) is 2. The van der Waals surface area contributed by atoms with Crippen molar-refractivity contribution in [3.63, 3.8) is 0 Å². The minimum Gasteiger partial charge on any atom is -0.465 e. The van der Waals surface area contributed by atoms with Crippen molar-refractivity contribution >= 4 is 23.2 Å². The van der Waals surface area contributed by atoms with Gasteiger partial charge in [0.1, 0.15) is 5.76 Å². The van der Waals surface area contributed by atoms with Gasteiger partial charge in [0, 0.05) is 11.3 Å². The highest BCUT2D eigenvalue weighted by atomic mass is 19.4. The molecule has 0 aliphatic carbocycles. The number of carbonyl (C=O) groups is 1. The van der Waals surface area contributed by atoms with E-state index in [0.717, 1.165) is 12.1 Å². The van der Waals surface area contributed by atoms with Crippen molar-refractivity contribution in [2.24, 2.45) is 0 Å². The number of fused-ring (bicyclic) bond motifs is 1. The molecule has 1 aromatic carbocycles. The van der Waals surface area contributed by atoms with Gasteiger partial charge in [-0.05, 0) is 30.3 Å². The van der Waals surface area contributed by atoms with Gasteiger partial charge in [-0.25, -0.2) is 0 Å². The Hall–Kier alpha value is -2.50. The molecule has 2 aromatic rings. The van der Waals surface area contributed by atoms with Crippen LogP contribution in [0, 0.1) is 0 Å². The molecule has 102 valence electrons. The van der Waals surface area contributed by atoms with Crippen molar-refractivity contribution in [2.75, 3.05) is 5.32 Å². The van der Waals surface area contributed by atoms with Crippen LogP contribution in [-0.4, -0.2) is 5.91 Å². The van der Waals surface area contributed by atoms with E-state index < -0.39 is 17.6 Å². The fourth-order valence-electron chi connectivity index (χ4n) is 2.03. The van der Waals surface area contributed by atoms with Gasteiger partial charge < -0.3 is 9.73 Å². The average molecular weight is 279 g/mol. The van der Waals surface area contributed by atoms with Crippen molar-refractivity contribution < 1.29 is 22.4 Å². The first-order valence-electron chi connectivity index (χ1n) is 5.73. The molecule has 3 rings (SSSR count). The zero-order valence-electron chi connectivity index (χ0n) is 9.99. The normalized spacial score (nSPS) is 16.4. The minimum absolute atomic E-state index is 0.155. The van der Waals surface area contributed by atoms with Crippen LogP contribution >= 0.6 is 0 Å². The highest BCUT2D eigenvalue weighted by Crippen LogP contribution is 2.38. The number of rotatable bonds is 1. The molecule has 6 heteroatoms. The number of furan rings is 1. The number of benzene rings is 1. The summed E-state index contributed by atoms with van der Waals surface area (Å²) in [7, 11) is 0. The molecule has 0 atom stereocenters. The summed E-state index contributed by atoms with van der Waals surface area (Å²) in [6, 6.07) is 6.48. The van der Waals surface area contributed by atoms with E-state index in [2.05, 4.69) is 5.32 Å². The van der Waals surface area contributed by atoms with E-state index in [-0.39, 0.29) is 11.3 Å². The molecule has 0 spiro atoms. The molecule has 1 aromatic heterocycles. The number of anilines is 1. The smallest absolute Gasteiger partial charge is 0.416 e. The summed E-state index contributed by atoms with van der Waals surface area (Å²) in [5.41, 5.74) is 0.0708. The fourth-order valence-corrected chi connectivity index (χ4v) is 2.03. The van der Waals surface area contributed by atoms with Crippen LogP contribution in [0.3, 0.4) is 0 Å². The maximum atomic E-state index is 12.6. The quantitative estimate of drug-likeness (QED) is 0.807. The fraction of sp³-hybridized carbons (Fsp3) is 0.0714. The molecule has 0 radical (unpaired) electrons. The lowest BCUT2D eigenvalue weighted by Gasteiger charge is -2.07. The molecule has 0 saturated heterocycles. The topological polar surface area (TPSA) is 42.2 Å². The van der Waals surface area contributed by atoms with E-state index in [9.17, 15) is 18.0 Å². The number of nitrogens with one attached hydrogen (secondary N) is 1. The molecule has 1 N–H and O–H groups in total. The van der Waals surface area contributed by atoms with Gasteiger partial charge in [0.25, 0.3) is 5.91 Å². The lowest BCUT2D eigenvalue weighted by molar-refractivity contribution is -0.137. The van der Waals surface area contributed by atoms with Gasteiger partial charge in [-0.3, -0.25) is 4.79 Å². The Balaban J connectivity index is 2.06. The van der Waals surface area contributed by atoms with Crippen LogP contribution in [0.1, 0.15) is 16.9 Å². The molecule has 0 saturated carbocycles. The van der Waals surface area contributed by atoms with Crippen LogP contribution in [0.15, 0.2) is 41.0 Å². The van der Waals surface area contributed by atoms with Crippen LogP contribution < -0.4 is 5.32 Å². The predicted molar refractivity (Wildman–Crippen MR) is 66.7 cm³/mol. The van der Waals surface area contributed by atoms with E-state index in [4.69, 9.17) is 4.42 Å². The number of alkyl halides is 3. The van der Waals surface area contributed by atoms with Crippen molar-refractivity contribution in [1.82, 2.24) is 0 Å². The van der Waals surface area contributed by atoms with Gasteiger partial charge in [0.2, 0.25) is 0 Å².